The first kappa shape index (κ1) is 19.2. The second-order valence-electron chi connectivity index (χ2n) is 8.70. The number of hydrogen-bond acceptors (Lipinski definition) is 4. The van der Waals surface area contributed by atoms with Crippen molar-refractivity contribution in [1.29, 1.82) is 0 Å². The van der Waals surface area contributed by atoms with Gasteiger partial charge in [0.15, 0.2) is 0 Å². The second-order valence-corrected chi connectivity index (χ2v) is 10.6. The lowest BCUT2D eigenvalue weighted by Crippen LogP contribution is -2.43. The first-order valence-corrected chi connectivity index (χ1v) is 12.3. The van der Waals surface area contributed by atoms with Gasteiger partial charge in [-0.1, -0.05) is 31.4 Å². The van der Waals surface area contributed by atoms with E-state index in [2.05, 4.69) is 4.90 Å². The molecule has 1 saturated carbocycles. The molecule has 0 radical (unpaired) electrons. The summed E-state index contributed by atoms with van der Waals surface area (Å²) in [5, 5.41) is 10.8. The average molecular weight is 393 g/mol. The molecule has 0 spiro atoms. The van der Waals surface area contributed by atoms with Crippen LogP contribution in [0.3, 0.4) is 0 Å². The van der Waals surface area contributed by atoms with E-state index in [4.69, 9.17) is 0 Å². The van der Waals surface area contributed by atoms with Crippen LogP contribution in [0.2, 0.25) is 0 Å². The van der Waals surface area contributed by atoms with Crippen LogP contribution in [0.1, 0.15) is 55.8 Å². The smallest absolute Gasteiger partial charge is 0.232 e. The van der Waals surface area contributed by atoms with Gasteiger partial charge in [0.25, 0.3) is 0 Å². The van der Waals surface area contributed by atoms with Crippen molar-refractivity contribution in [3.63, 3.8) is 0 Å². The molecule has 1 aliphatic carbocycles. The molecule has 0 aromatic heterocycles. The lowest BCUT2D eigenvalue weighted by atomic mass is 9.75. The molecule has 27 heavy (non-hydrogen) atoms. The van der Waals surface area contributed by atoms with Crippen LogP contribution in [-0.2, 0) is 16.4 Å². The molecule has 0 amide bonds. The Bertz CT molecular complexity index is 780. The van der Waals surface area contributed by atoms with Crippen molar-refractivity contribution >= 4 is 15.7 Å². The van der Waals surface area contributed by atoms with E-state index in [-0.39, 0.29) is 0 Å². The standard InChI is InChI=1S/C21H32N2O3S/c1-27(25,26)23-11-4-7-17-13-18(8-9-20(17)23)21(24)15-22-12-10-16-5-2-3-6-19(16)14-22/h8-9,13,16,19,21,24H,2-7,10-12,14-15H2,1H3/t16-,19+,21+/m0/s1. The number of rotatable bonds is 4. The number of aliphatic hydroxyl groups excluding tert-OH is 1. The minimum atomic E-state index is -3.24. The molecule has 1 aromatic carbocycles. The van der Waals surface area contributed by atoms with Crippen LogP contribution in [-0.4, -0.2) is 50.9 Å². The highest BCUT2D eigenvalue weighted by Crippen LogP contribution is 2.37. The van der Waals surface area contributed by atoms with Crippen molar-refractivity contribution in [2.45, 2.75) is 51.0 Å². The van der Waals surface area contributed by atoms with Gasteiger partial charge in [-0.15, -0.1) is 0 Å². The van der Waals surface area contributed by atoms with E-state index in [0.29, 0.717) is 13.1 Å². The van der Waals surface area contributed by atoms with Crippen LogP contribution in [0.15, 0.2) is 18.2 Å². The number of piperidine rings is 1. The lowest BCUT2D eigenvalue weighted by Gasteiger charge is -2.42. The molecule has 1 aromatic rings. The molecule has 2 heterocycles. The molecule has 150 valence electrons. The molecule has 2 fully saturated rings. The summed E-state index contributed by atoms with van der Waals surface area (Å²) in [5.74, 6) is 1.71. The van der Waals surface area contributed by atoms with Gasteiger partial charge in [-0.2, -0.15) is 0 Å². The van der Waals surface area contributed by atoms with Crippen molar-refractivity contribution in [2.75, 3.05) is 36.7 Å². The van der Waals surface area contributed by atoms with Gasteiger partial charge in [-0.25, -0.2) is 8.42 Å². The summed E-state index contributed by atoms with van der Waals surface area (Å²) in [5.41, 5.74) is 2.73. The Morgan fingerprint density at radius 1 is 1.11 bits per heavy atom. The number of hydrogen-bond donors (Lipinski definition) is 1. The van der Waals surface area contributed by atoms with E-state index in [9.17, 15) is 13.5 Å². The van der Waals surface area contributed by atoms with E-state index in [0.717, 1.165) is 54.6 Å². The quantitative estimate of drug-likeness (QED) is 0.856. The van der Waals surface area contributed by atoms with E-state index in [1.807, 2.05) is 18.2 Å². The van der Waals surface area contributed by atoms with Gasteiger partial charge in [0.2, 0.25) is 10.0 Å². The van der Waals surface area contributed by atoms with Crippen LogP contribution in [0.25, 0.3) is 0 Å². The number of anilines is 1. The number of β-amino-alcohol motifs (C(OH)–C–C–N with tert-alkyl or cyclic N) is 1. The summed E-state index contributed by atoms with van der Waals surface area (Å²) < 4.78 is 25.5. The van der Waals surface area contributed by atoms with E-state index < -0.39 is 16.1 Å². The Hall–Kier alpha value is -1.11. The third-order valence-electron chi connectivity index (χ3n) is 6.77. The fourth-order valence-electron chi connectivity index (χ4n) is 5.33. The Labute approximate surface area is 163 Å². The highest BCUT2D eigenvalue weighted by molar-refractivity contribution is 7.92. The fourth-order valence-corrected chi connectivity index (χ4v) is 6.32. The number of aliphatic hydroxyl groups is 1. The predicted molar refractivity (Wildman–Crippen MR) is 108 cm³/mol. The summed E-state index contributed by atoms with van der Waals surface area (Å²) in [6.07, 6.45) is 9.21. The Morgan fingerprint density at radius 2 is 1.89 bits per heavy atom. The largest absolute Gasteiger partial charge is 0.387 e. The zero-order valence-corrected chi connectivity index (χ0v) is 17.1. The molecule has 6 heteroatoms. The predicted octanol–water partition coefficient (Wildman–Crippen LogP) is 2.94. The van der Waals surface area contributed by atoms with Gasteiger partial charge in [0.05, 0.1) is 18.0 Å². The van der Waals surface area contributed by atoms with Gasteiger partial charge >= 0.3 is 0 Å². The second kappa shape index (κ2) is 7.72. The topological polar surface area (TPSA) is 60.9 Å². The molecule has 4 rings (SSSR count). The molecule has 1 N–H and O–H groups in total. The molecule has 0 unspecified atom stereocenters. The maximum absolute atomic E-state index is 12.0. The molecular formula is C21H32N2O3S. The highest BCUT2D eigenvalue weighted by atomic mass is 32.2. The first-order valence-electron chi connectivity index (χ1n) is 10.4. The SMILES string of the molecule is CS(=O)(=O)N1CCCc2cc([C@H](O)CN3CC[C@@H]4CCCC[C@@H]4C3)ccc21. The number of aryl methyl sites for hydroxylation is 1. The van der Waals surface area contributed by atoms with Crippen molar-refractivity contribution in [1.82, 2.24) is 4.90 Å². The van der Waals surface area contributed by atoms with Crippen molar-refractivity contribution < 1.29 is 13.5 Å². The van der Waals surface area contributed by atoms with Crippen LogP contribution >= 0.6 is 0 Å². The van der Waals surface area contributed by atoms with Gasteiger partial charge in [0.1, 0.15) is 0 Å². The monoisotopic (exact) mass is 392 g/mol. The van der Waals surface area contributed by atoms with Crippen LogP contribution < -0.4 is 4.31 Å². The Kier molecular flexibility index (Phi) is 5.50. The van der Waals surface area contributed by atoms with Gasteiger partial charge in [-0.3, -0.25) is 4.31 Å². The van der Waals surface area contributed by atoms with E-state index in [1.165, 1.54) is 42.7 Å². The van der Waals surface area contributed by atoms with Crippen LogP contribution in [0.5, 0.6) is 0 Å². The fraction of sp³-hybridized carbons (Fsp3) is 0.714. The van der Waals surface area contributed by atoms with Gasteiger partial charge in [0, 0.05) is 19.6 Å². The van der Waals surface area contributed by atoms with Crippen LogP contribution in [0.4, 0.5) is 5.69 Å². The Morgan fingerprint density at radius 3 is 2.67 bits per heavy atom. The summed E-state index contributed by atoms with van der Waals surface area (Å²) in [7, 11) is -3.24. The average Bonchev–Trinajstić information content (AvgIpc) is 2.66. The summed E-state index contributed by atoms with van der Waals surface area (Å²) in [6.45, 7) is 3.43. The number of sulfonamides is 1. The maximum atomic E-state index is 12.0. The van der Waals surface area contributed by atoms with Gasteiger partial charge in [-0.05, 0) is 61.3 Å². The number of benzene rings is 1. The number of nitrogens with zero attached hydrogens (tertiary/aromatic N) is 2. The molecule has 5 nitrogen and oxygen atoms in total. The van der Waals surface area contributed by atoms with Crippen molar-refractivity contribution in [3.05, 3.63) is 29.3 Å². The lowest BCUT2D eigenvalue weighted by molar-refractivity contribution is 0.0459. The third kappa shape index (κ3) is 4.17. The summed E-state index contributed by atoms with van der Waals surface area (Å²) >= 11 is 0. The maximum Gasteiger partial charge on any atom is 0.232 e. The van der Waals surface area contributed by atoms with E-state index in [1.54, 1.807) is 0 Å². The van der Waals surface area contributed by atoms with Crippen molar-refractivity contribution in [2.24, 2.45) is 11.8 Å². The molecule has 1 saturated heterocycles. The molecule has 2 aliphatic heterocycles. The summed E-state index contributed by atoms with van der Waals surface area (Å²) in [6, 6.07) is 5.80. The third-order valence-corrected chi connectivity index (χ3v) is 7.95. The minimum absolute atomic E-state index is 0.510. The normalized spacial score (nSPS) is 27.7. The van der Waals surface area contributed by atoms with Gasteiger partial charge < -0.3 is 10.0 Å². The number of fused-ring (bicyclic) bond motifs is 2. The zero-order chi connectivity index (χ0) is 19.0. The molecular weight excluding hydrogens is 360 g/mol. The summed E-state index contributed by atoms with van der Waals surface area (Å²) in [4.78, 5) is 2.43. The highest BCUT2D eigenvalue weighted by Gasteiger charge is 2.32. The first-order chi connectivity index (χ1) is 12.9. The van der Waals surface area contributed by atoms with Crippen LogP contribution in [0, 0.1) is 11.8 Å². The zero-order valence-electron chi connectivity index (χ0n) is 16.3. The van der Waals surface area contributed by atoms with Crippen molar-refractivity contribution in [3.8, 4) is 0 Å². The molecule has 3 aliphatic rings. The Balaban J connectivity index is 1.44. The molecule has 0 bridgehead atoms. The molecule has 3 atom stereocenters. The van der Waals surface area contributed by atoms with E-state index >= 15 is 0 Å². The number of likely N-dealkylation sites (tertiary alicyclic amines) is 1. The minimum Gasteiger partial charge on any atom is -0.387 e.